The molecule has 1 nitrogen and oxygen atoms in total. The third kappa shape index (κ3) is 4.62. The van der Waals surface area contributed by atoms with Gasteiger partial charge in [-0.2, -0.15) is 8.78 Å². The van der Waals surface area contributed by atoms with Gasteiger partial charge in [-0.1, -0.05) is 19.3 Å². The van der Waals surface area contributed by atoms with Crippen molar-refractivity contribution in [2.75, 3.05) is 6.61 Å². The Morgan fingerprint density at radius 3 is 1.95 bits per heavy atom. The summed E-state index contributed by atoms with van der Waals surface area (Å²) in [5, 5.41) is 0. The third-order valence-electron chi connectivity index (χ3n) is 4.12. The minimum absolute atomic E-state index is 0.249. The van der Waals surface area contributed by atoms with Crippen LogP contribution in [0, 0.1) is 5.92 Å². The quantitative estimate of drug-likeness (QED) is 0.621. The van der Waals surface area contributed by atoms with Crippen LogP contribution >= 0.6 is 0 Å². The summed E-state index contributed by atoms with van der Waals surface area (Å²) in [6.07, 6.45) is 4.56. The van der Waals surface area contributed by atoms with Gasteiger partial charge in [-0.25, -0.2) is 8.78 Å². The Morgan fingerprint density at radius 1 is 0.947 bits per heavy atom. The molecule has 0 N–H and O–H groups in total. The lowest BCUT2D eigenvalue weighted by Gasteiger charge is -2.37. The van der Waals surface area contributed by atoms with Gasteiger partial charge in [-0.05, 0) is 32.6 Å². The van der Waals surface area contributed by atoms with E-state index >= 15 is 0 Å². The molecular formula is C14H24F4O. The summed E-state index contributed by atoms with van der Waals surface area (Å²) < 4.78 is 57.1. The molecule has 0 heterocycles. The van der Waals surface area contributed by atoms with Crippen molar-refractivity contribution < 1.29 is 22.3 Å². The molecule has 0 aromatic heterocycles. The molecule has 5 heteroatoms. The maximum atomic E-state index is 13.1. The van der Waals surface area contributed by atoms with Gasteiger partial charge in [0.05, 0.1) is 12.2 Å². The van der Waals surface area contributed by atoms with Crippen molar-refractivity contribution >= 4 is 0 Å². The van der Waals surface area contributed by atoms with Gasteiger partial charge in [-0.3, -0.25) is 0 Å². The van der Waals surface area contributed by atoms with Gasteiger partial charge in [0, 0.05) is 13.3 Å². The Kier molecular flexibility index (Phi) is 5.27. The van der Waals surface area contributed by atoms with E-state index in [0.717, 1.165) is 25.7 Å². The van der Waals surface area contributed by atoms with Crippen molar-refractivity contribution in [1.29, 1.82) is 0 Å². The van der Waals surface area contributed by atoms with E-state index in [9.17, 15) is 17.6 Å². The predicted octanol–water partition coefficient (Wildman–Crippen LogP) is 5.04. The number of alkyl halides is 4. The lowest BCUT2D eigenvalue weighted by Crippen LogP contribution is -2.41. The molecule has 0 bridgehead atoms. The molecule has 0 aliphatic heterocycles. The van der Waals surface area contributed by atoms with E-state index < -0.39 is 23.9 Å². The van der Waals surface area contributed by atoms with Crippen molar-refractivity contribution in [3.63, 3.8) is 0 Å². The molecule has 114 valence electrons. The normalized spacial score (nSPS) is 19.7. The summed E-state index contributed by atoms with van der Waals surface area (Å²) in [7, 11) is 0. The Morgan fingerprint density at radius 2 is 1.47 bits per heavy atom. The Hall–Kier alpha value is -0.320. The molecule has 1 aliphatic carbocycles. The number of hydrogen-bond acceptors (Lipinski definition) is 1. The Balaban J connectivity index is 2.43. The monoisotopic (exact) mass is 284 g/mol. The summed E-state index contributed by atoms with van der Waals surface area (Å²) in [5.41, 5.74) is -0.514. The largest absolute Gasteiger partial charge is 0.375 e. The first-order chi connectivity index (χ1) is 8.56. The zero-order valence-corrected chi connectivity index (χ0v) is 11.9. The molecule has 0 spiro atoms. The van der Waals surface area contributed by atoms with Gasteiger partial charge >= 0.3 is 11.8 Å². The van der Waals surface area contributed by atoms with E-state index in [4.69, 9.17) is 4.74 Å². The molecule has 0 radical (unpaired) electrons. The van der Waals surface area contributed by atoms with Crippen LogP contribution in [-0.2, 0) is 4.74 Å². The van der Waals surface area contributed by atoms with Crippen LogP contribution < -0.4 is 0 Å². The van der Waals surface area contributed by atoms with Gasteiger partial charge < -0.3 is 4.74 Å². The summed E-state index contributed by atoms with van der Waals surface area (Å²) >= 11 is 0. The van der Waals surface area contributed by atoms with E-state index in [1.807, 2.05) is 13.8 Å². The maximum absolute atomic E-state index is 13.1. The fraction of sp³-hybridized carbons (Fsp3) is 1.00. The summed E-state index contributed by atoms with van der Waals surface area (Å²) in [5.74, 6) is -7.67. The standard InChI is InChI=1S/C14H24F4O/c1-12(2,11-7-5-4-6-8-11)19-10-9-14(17,18)13(3,15)16/h11H,4-10H2,1-3H3. The molecular weight excluding hydrogens is 260 g/mol. The van der Waals surface area contributed by atoms with Crippen molar-refractivity contribution in [1.82, 2.24) is 0 Å². The van der Waals surface area contributed by atoms with Gasteiger partial charge in [0.25, 0.3) is 0 Å². The number of rotatable bonds is 6. The number of halogens is 4. The van der Waals surface area contributed by atoms with Crippen LogP contribution in [-0.4, -0.2) is 24.1 Å². The second-order valence-corrected chi connectivity index (χ2v) is 6.13. The molecule has 0 aromatic carbocycles. The van der Waals surface area contributed by atoms with Crippen molar-refractivity contribution in [2.45, 2.75) is 76.7 Å². The molecule has 1 fully saturated rings. The summed E-state index contributed by atoms with van der Waals surface area (Å²) in [6, 6.07) is 0. The van der Waals surface area contributed by atoms with Crippen LogP contribution in [0.2, 0.25) is 0 Å². The first kappa shape index (κ1) is 16.7. The first-order valence-electron chi connectivity index (χ1n) is 6.96. The average Bonchev–Trinajstić information content (AvgIpc) is 2.28. The molecule has 1 aliphatic rings. The van der Waals surface area contributed by atoms with Gasteiger partial charge in [0.1, 0.15) is 0 Å². The molecule has 19 heavy (non-hydrogen) atoms. The van der Waals surface area contributed by atoms with Crippen LogP contribution in [0.15, 0.2) is 0 Å². The smallest absolute Gasteiger partial charge is 0.312 e. The second kappa shape index (κ2) is 5.98. The minimum Gasteiger partial charge on any atom is -0.375 e. The molecule has 1 saturated carbocycles. The Bertz CT molecular complexity index is 278. The van der Waals surface area contributed by atoms with Crippen molar-refractivity contribution in [3.8, 4) is 0 Å². The number of ether oxygens (including phenoxy) is 1. The molecule has 0 unspecified atom stereocenters. The zero-order chi connectivity index (χ0) is 14.7. The fourth-order valence-corrected chi connectivity index (χ4v) is 2.58. The average molecular weight is 284 g/mol. The van der Waals surface area contributed by atoms with Crippen LogP contribution in [0.3, 0.4) is 0 Å². The third-order valence-corrected chi connectivity index (χ3v) is 4.12. The highest BCUT2D eigenvalue weighted by atomic mass is 19.3. The van der Waals surface area contributed by atoms with Crippen LogP contribution in [0.25, 0.3) is 0 Å². The topological polar surface area (TPSA) is 9.23 Å². The highest BCUT2D eigenvalue weighted by Crippen LogP contribution is 2.38. The van der Waals surface area contributed by atoms with E-state index in [0.29, 0.717) is 5.92 Å². The number of hydrogen-bond donors (Lipinski definition) is 0. The lowest BCUT2D eigenvalue weighted by atomic mass is 9.79. The van der Waals surface area contributed by atoms with E-state index in [-0.39, 0.29) is 13.5 Å². The molecule has 0 amide bonds. The molecule has 0 aromatic rings. The first-order valence-corrected chi connectivity index (χ1v) is 6.96. The SMILES string of the molecule is CC(C)(OCCC(F)(F)C(C)(F)F)C1CCCCC1. The predicted molar refractivity (Wildman–Crippen MR) is 66.8 cm³/mol. The maximum Gasteiger partial charge on any atom is 0.312 e. The zero-order valence-electron chi connectivity index (χ0n) is 11.9. The van der Waals surface area contributed by atoms with Crippen LogP contribution in [0.1, 0.15) is 59.3 Å². The summed E-state index contributed by atoms with van der Waals surface area (Å²) in [6.45, 7) is 3.65. The van der Waals surface area contributed by atoms with E-state index in [1.54, 1.807) is 0 Å². The van der Waals surface area contributed by atoms with E-state index in [1.165, 1.54) is 6.42 Å². The minimum atomic E-state index is -4.00. The Labute approximate surface area is 112 Å². The van der Waals surface area contributed by atoms with Crippen molar-refractivity contribution in [3.05, 3.63) is 0 Å². The molecule has 0 saturated heterocycles. The summed E-state index contributed by atoms with van der Waals surface area (Å²) in [4.78, 5) is 0. The van der Waals surface area contributed by atoms with Crippen LogP contribution in [0.4, 0.5) is 17.6 Å². The molecule has 0 atom stereocenters. The highest BCUT2D eigenvalue weighted by Gasteiger charge is 2.51. The van der Waals surface area contributed by atoms with E-state index in [2.05, 4.69) is 0 Å². The van der Waals surface area contributed by atoms with Crippen molar-refractivity contribution in [2.24, 2.45) is 5.92 Å². The molecule has 1 rings (SSSR count). The van der Waals surface area contributed by atoms with Crippen LogP contribution in [0.5, 0.6) is 0 Å². The van der Waals surface area contributed by atoms with Gasteiger partial charge in [-0.15, -0.1) is 0 Å². The fourth-order valence-electron chi connectivity index (χ4n) is 2.58. The highest BCUT2D eigenvalue weighted by molar-refractivity contribution is 4.84. The van der Waals surface area contributed by atoms with Gasteiger partial charge in [0.15, 0.2) is 0 Å². The van der Waals surface area contributed by atoms with Gasteiger partial charge in [0.2, 0.25) is 0 Å². The second-order valence-electron chi connectivity index (χ2n) is 6.13. The lowest BCUT2D eigenvalue weighted by molar-refractivity contribution is -0.212.